The van der Waals surface area contributed by atoms with Crippen LogP contribution >= 0.6 is 0 Å². The van der Waals surface area contributed by atoms with Crippen LogP contribution in [0.2, 0.25) is 0 Å². The van der Waals surface area contributed by atoms with E-state index in [1.54, 1.807) is 0 Å². The number of aliphatic hydroxyl groups is 1. The van der Waals surface area contributed by atoms with E-state index in [1.165, 1.54) is 0 Å². The molecule has 0 amide bonds. The normalized spacial score (nSPS) is 10.4. The zero-order valence-corrected chi connectivity index (χ0v) is 11.3. The molecular formula is C14H22N2O3. The fourth-order valence-electron chi connectivity index (χ4n) is 1.97. The molecule has 0 saturated heterocycles. The Morgan fingerprint density at radius 2 is 2.11 bits per heavy atom. The van der Waals surface area contributed by atoms with E-state index in [0.29, 0.717) is 13.0 Å². The van der Waals surface area contributed by atoms with E-state index >= 15 is 0 Å². The Morgan fingerprint density at radius 3 is 2.79 bits per heavy atom. The summed E-state index contributed by atoms with van der Waals surface area (Å²) in [5, 5.41) is 20.4. The second kappa shape index (κ2) is 8.50. The van der Waals surface area contributed by atoms with Gasteiger partial charge in [-0.15, -0.1) is 0 Å². The molecule has 0 bridgehead atoms. The van der Waals surface area contributed by atoms with Crippen molar-refractivity contribution in [2.24, 2.45) is 0 Å². The lowest BCUT2D eigenvalue weighted by Crippen LogP contribution is -2.27. The van der Waals surface area contributed by atoms with E-state index in [1.807, 2.05) is 31.3 Å². The van der Waals surface area contributed by atoms with Gasteiger partial charge in [0.1, 0.15) is 0 Å². The number of aliphatic carboxylic acids is 1. The molecule has 0 atom stereocenters. The molecule has 1 rings (SSSR count). The van der Waals surface area contributed by atoms with E-state index < -0.39 is 5.97 Å². The third kappa shape index (κ3) is 5.72. The van der Waals surface area contributed by atoms with Crippen molar-refractivity contribution in [1.82, 2.24) is 5.32 Å². The molecule has 1 aromatic rings. The van der Waals surface area contributed by atoms with Crippen molar-refractivity contribution in [2.75, 3.05) is 38.2 Å². The van der Waals surface area contributed by atoms with E-state index in [2.05, 4.69) is 10.2 Å². The summed E-state index contributed by atoms with van der Waals surface area (Å²) in [6.45, 7) is 1.67. The highest BCUT2D eigenvalue weighted by molar-refractivity contribution is 5.68. The highest BCUT2D eigenvalue weighted by Gasteiger charge is 2.06. The molecule has 5 heteroatoms. The fourth-order valence-corrected chi connectivity index (χ4v) is 1.97. The molecule has 0 spiro atoms. The van der Waals surface area contributed by atoms with Gasteiger partial charge in [0.05, 0.1) is 6.54 Å². The van der Waals surface area contributed by atoms with Crippen molar-refractivity contribution in [3.63, 3.8) is 0 Å². The van der Waals surface area contributed by atoms with E-state index in [9.17, 15) is 4.79 Å². The summed E-state index contributed by atoms with van der Waals surface area (Å²) < 4.78 is 0. The second-order valence-corrected chi connectivity index (χ2v) is 4.45. The Labute approximate surface area is 113 Å². The maximum absolute atomic E-state index is 10.3. The van der Waals surface area contributed by atoms with Crippen LogP contribution in [0.1, 0.15) is 12.0 Å². The lowest BCUT2D eigenvalue weighted by atomic mass is 10.1. The molecule has 5 nitrogen and oxygen atoms in total. The van der Waals surface area contributed by atoms with Gasteiger partial charge in [0.25, 0.3) is 0 Å². The van der Waals surface area contributed by atoms with E-state index in [4.69, 9.17) is 10.2 Å². The third-order valence-electron chi connectivity index (χ3n) is 2.91. The first-order chi connectivity index (χ1) is 9.15. The van der Waals surface area contributed by atoms with Gasteiger partial charge in [-0.1, -0.05) is 18.2 Å². The number of anilines is 1. The number of aliphatic hydroxyl groups excluding tert-OH is 1. The van der Waals surface area contributed by atoms with Crippen LogP contribution in [0, 0.1) is 0 Å². The molecule has 0 radical (unpaired) electrons. The zero-order valence-electron chi connectivity index (χ0n) is 11.3. The van der Waals surface area contributed by atoms with Crippen molar-refractivity contribution in [2.45, 2.75) is 12.8 Å². The highest BCUT2D eigenvalue weighted by Crippen LogP contribution is 2.19. The molecular weight excluding hydrogens is 244 g/mol. The number of carboxylic acids is 1. The van der Waals surface area contributed by atoms with E-state index in [-0.39, 0.29) is 13.2 Å². The Hall–Kier alpha value is -1.59. The molecule has 19 heavy (non-hydrogen) atoms. The van der Waals surface area contributed by atoms with Gasteiger partial charge in [0.15, 0.2) is 0 Å². The first-order valence-electron chi connectivity index (χ1n) is 6.47. The molecule has 0 unspecified atom stereocenters. The van der Waals surface area contributed by atoms with Gasteiger partial charge in [-0.3, -0.25) is 4.79 Å². The lowest BCUT2D eigenvalue weighted by molar-refractivity contribution is -0.135. The van der Waals surface area contributed by atoms with Gasteiger partial charge < -0.3 is 20.4 Å². The molecule has 0 aliphatic heterocycles. The first-order valence-corrected chi connectivity index (χ1v) is 6.47. The van der Waals surface area contributed by atoms with Gasteiger partial charge in [0, 0.05) is 25.9 Å². The number of benzene rings is 1. The van der Waals surface area contributed by atoms with E-state index in [0.717, 1.165) is 24.2 Å². The van der Waals surface area contributed by atoms with Gasteiger partial charge in [-0.2, -0.15) is 0 Å². The smallest absolute Gasteiger partial charge is 0.317 e. The summed E-state index contributed by atoms with van der Waals surface area (Å²) in [4.78, 5) is 12.5. The molecule has 0 aromatic heterocycles. The largest absolute Gasteiger partial charge is 0.480 e. The average Bonchev–Trinajstić information content (AvgIpc) is 2.39. The van der Waals surface area contributed by atoms with Crippen LogP contribution in [0.25, 0.3) is 0 Å². The predicted octanol–water partition coefficient (Wildman–Crippen LogP) is 0.722. The van der Waals surface area contributed by atoms with Crippen molar-refractivity contribution in [3.8, 4) is 0 Å². The van der Waals surface area contributed by atoms with Crippen LogP contribution in [0.15, 0.2) is 24.3 Å². The predicted molar refractivity (Wildman–Crippen MR) is 75.6 cm³/mol. The minimum Gasteiger partial charge on any atom is -0.480 e. The van der Waals surface area contributed by atoms with Gasteiger partial charge in [-0.05, 0) is 31.0 Å². The lowest BCUT2D eigenvalue weighted by Gasteiger charge is -2.22. The Bertz CT molecular complexity index is 396. The molecule has 0 saturated carbocycles. The standard InChI is InChI=1S/C14H22N2O3/c1-16(9-4-8-15-11-14(18)19)13-6-3-2-5-12(13)7-10-17/h2-3,5-6,15,17H,4,7-11H2,1H3,(H,18,19). The van der Waals surface area contributed by atoms with Crippen LogP contribution in [0.3, 0.4) is 0 Å². The summed E-state index contributed by atoms with van der Waals surface area (Å²) in [5.41, 5.74) is 2.25. The number of rotatable bonds is 9. The highest BCUT2D eigenvalue weighted by atomic mass is 16.4. The summed E-state index contributed by atoms with van der Waals surface area (Å²) in [7, 11) is 2.01. The van der Waals surface area contributed by atoms with Gasteiger partial charge in [0.2, 0.25) is 0 Å². The Kier molecular flexibility index (Phi) is 6.92. The SMILES string of the molecule is CN(CCCNCC(=O)O)c1ccccc1CCO. The van der Waals surface area contributed by atoms with Crippen LogP contribution in [0.4, 0.5) is 5.69 Å². The summed E-state index contributed by atoms with van der Waals surface area (Å²) in [5.74, 6) is -0.832. The number of nitrogens with one attached hydrogen (secondary N) is 1. The maximum atomic E-state index is 10.3. The maximum Gasteiger partial charge on any atom is 0.317 e. The molecule has 0 aliphatic carbocycles. The van der Waals surface area contributed by atoms with Crippen LogP contribution in [-0.4, -0.2) is 49.5 Å². The quantitative estimate of drug-likeness (QED) is 0.574. The molecule has 106 valence electrons. The van der Waals surface area contributed by atoms with Crippen LogP contribution in [-0.2, 0) is 11.2 Å². The second-order valence-electron chi connectivity index (χ2n) is 4.45. The molecule has 3 N–H and O–H groups in total. The van der Waals surface area contributed by atoms with Crippen LogP contribution in [0.5, 0.6) is 0 Å². The number of hydrogen-bond acceptors (Lipinski definition) is 4. The van der Waals surface area contributed by atoms with Gasteiger partial charge in [-0.25, -0.2) is 0 Å². The van der Waals surface area contributed by atoms with Crippen molar-refractivity contribution in [3.05, 3.63) is 29.8 Å². The topological polar surface area (TPSA) is 72.8 Å². The minimum atomic E-state index is -0.832. The number of hydrogen-bond donors (Lipinski definition) is 3. The Morgan fingerprint density at radius 1 is 1.37 bits per heavy atom. The number of para-hydroxylation sites is 1. The zero-order chi connectivity index (χ0) is 14.1. The average molecular weight is 266 g/mol. The third-order valence-corrected chi connectivity index (χ3v) is 2.91. The first kappa shape index (κ1) is 15.5. The Balaban J connectivity index is 2.40. The van der Waals surface area contributed by atoms with Crippen molar-refractivity contribution >= 4 is 11.7 Å². The number of carbonyl (C=O) groups is 1. The van der Waals surface area contributed by atoms with Gasteiger partial charge >= 0.3 is 5.97 Å². The monoisotopic (exact) mass is 266 g/mol. The minimum absolute atomic E-state index is 0.00478. The number of carboxylic acid groups (broad SMARTS) is 1. The van der Waals surface area contributed by atoms with Crippen LogP contribution < -0.4 is 10.2 Å². The molecule has 0 fully saturated rings. The molecule has 0 aliphatic rings. The number of nitrogens with zero attached hydrogens (tertiary/aromatic N) is 1. The summed E-state index contributed by atoms with van der Waals surface area (Å²) in [6, 6.07) is 8.01. The summed E-state index contributed by atoms with van der Waals surface area (Å²) >= 11 is 0. The van der Waals surface area contributed by atoms with Crippen molar-refractivity contribution in [1.29, 1.82) is 0 Å². The molecule has 0 heterocycles. The molecule has 1 aromatic carbocycles. The summed E-state index contributed by atoms with van der Waals surface area (Å²) in [6.07, 6.45) is 1.52. The fraction of sp³-hybridized carbons (Fsp3) is 0.500. The van der Waals surface area contributed by atoms with Crippen molar-refractivity contribution < 1.29 is 15.0 Å².